The minimum absolute atomic E-state index is 0.674. The van der Waals surface area contributed by atoms with Crippen LogP contribution in [-0.2, 0) is 0 Å². The third-order valence-corrected chi connectivity index (χ3v) is 19.3. The van der Waals surface area contributed by atoms with Crippen molar-refractivity contribution in [3.05, 3.63) is 162 Å². The van der Waals surface area contributed by atoms with Gasteiger partial charge in [-0.3, -0.25) is 0 Å². The molecule has 0 heterocycles. The molecule has 0 amide bonds. The van der Waals surface area contributed by atoms with E-state index in [0.29, 0.717) is 11.8 Å². The molecule has 6 unspecified atom stereocenters. The molecule has 69 heavy (non-hydrogen) atoms. The molecule has 5 aliphatic carbocycles. The predicted molar refractivity (Wildman–Crippen MR) is 292 cm³/mol. The van der Waals surface area contributed by atoms with Crippen LogP contribution in [0.3, 0.4) is 0 Å². The van der Waals surface area contributed by atoms with Crippen molar-refractivity contribution in [1.29, 1.82) is 0 Å². The van der Waals surface area contributed by atoms with E-state index in [0.717, 1.165) is 29.4 Å². The summed E-state index contributed by atoms with van der Waals surface area (Å²) in [6, 6.07) is 57.9. The average Bonchev–Trinajstić information content (AvgIpc) is 4.29. The Morgan fingerprint density at radius 1 is 0.377 bits per heavy atom. The molecule has 4 bridgehead atoms. The van der Waals surface area contributed by atoms with Gasteiger partial charge in [-0.05, 0) is 259 Å². The molecule has 6 atom stereocenters. The van der Waals surface area contributed by atoms with Gasteiger partial charge < -0.3 is 4.74 Å². The Hall–Kier alpha value is -6.96. The Morgan fingerprint density at radius 2 is 0.942 bits per heavy atom. The maximum Gasteiger partial charge on any atom is 0.119 e. The van der Waals surface area contributed by atoms with Crippen molar-refractivity contribution in [2.24, 2.45) is 23.7 Å². The summed E-state index contributed by atoms with van der Waals surface area (Å²) in [6.07, 6.45) is 11.2. The fourth-order valence-electron chi connectivity index (χ4n) is 16.5. The van der Waals surface area contributed by atoms with E-state index in [2.05, 4.69) is 153 Å². The standard InChI is InChI=1S/C68H52O/c1-35-7-5-10-42(21-35)63-60-33-56-57(59-32-45(53-25-37-14-16-41(53)23-37)27-46-26-44(31-58(56)62(46)59)52-24-36-13-15-40(52)22-36)34-61(60)64(43-11-6-12-47(28-43)69-2)68-51-20-18-49-55-30-39-9-4-3-8-38(39)29-54(55)48-17-19-50(67(63)68)66(51)65(48)49/h3-12,17-21,26-34,36-37,40-41,52-53H,13-16,22-25H2,1-2H3. The molecule has 0 aromatic heterocycles. The molecule has 0 N–H and O–H groups in total. The van der Waals surface area contributed by atoms with Crippen LogP contribution in [0.5, 0.6) is 5.75 Å². The fourth-order valence-corrected chi connectivity index (χ4v) is 16.5. The van der Waals surface area contributed by atoms with Gasteiger partial charge in [-0.2, -0.15) is 0 Å². The third kappa shape index (κ3) is 5.01. The van der Waals surface area contributed by atoms with Crippen LogP contribution in [0.4, 0.5) is 0 Å². The summed E-state index contributed by atoms with van der Waals surface area (Å²) in [5.41, 5.74) is 15.0. The van der Waals surface area contributed by atoms with Crippen LogP contribution in [0, 0.1) is 30.6 Å². The summed E-state index contributed by atoms with van der Waals surface area (Å²) in [6.45, 7) is 2.26. The fraction of sp³-hybridized carbons (Fsp3) is 0.235. The monoisotopic (exact) mass is 884 g/mol. The molecule has 330 valence electrons. The first-order valence-corrected chi connectivity index (χ1v) is 26.2. The molecular weight excluding hydrogens is 833 g/mol. The number of ether oxygens (including phenoxy) is 1. The molecule has 17 rings (SSSR count). The summed E-state index contributed by atoms with van der Waals surface area (Å²) in [7, 11) is 1.81. The summed E-state index contributed by atoms with van der Waals surface area (Å²) >= 11 is 0. The molecule has 4 saturated carbocycles. The highest BCUT2D eigenvalue weighted by molar-refractivity contribution is 6.44. The van der Waals surface area contributed by atoms with Gasteiger partial charge in [0.25, 0.3) is 0 Å². The van der Waals surface area contributed by atoms with Crippen molar-refractivity contribution < 1.29 is 4.74 Å². The summed E-state index contributed by atoms with van der Waals surface area (Å²) in [5, 5.41) is 22.2. The summed E-state index contributed by atoms with van der Waals surface area (Å²) < 4.78 is 6.05. The zero-order chi connectivity index (χ0) is 45.0. The smallest absolute Gasteiger partial charge is 0.119 e. The van der Waals surface area contributed by atoms with E-state index in [9.17, 15) is 0 Å². The van der Waals surface area contributed by atoms with Crippen molar-refractivity contribution in [2.75, 3.05) is 7.11 Å². The third-order valence-electron chi connectivity index (χ3n) is 19.3. The molecule has 12 aromatic carbocycles. The zero-order valence-electron chi connectivity index (χ0n) is 39.4. The predicted octanol–water partition coefficient (Wildman–Crippen LogP) is 18.9. The van der Waals surface area contributed by atoms with Crippen LogP contribution in [0.1, 0.15) is 79.9 Å². The molecule has 0 saturated heterocycles. The molecule has 0 radical (unpaired) electrons. The topological polar surface area (TPSA) is 9.23 Å². The average molecular weight is 885 g/mol. The quantitative estimate of drug-likeness (QED) is 0.167. The maximum absolute atomic E-state index is 6.05. The van der Waals surface area contributed by atoms with Gasteiger partial charge >= 0.3 is 0 Å². The first kappa shape index (κ1) is 38.0. The van der Waals surface area contributed by atoms with Crippen LogP contribution in [-0.4, -0.2) is 7.11 Å². The van der Waals surface area contributed by atoms with E-state index in [1.165, 1.54) is 188 Å². The van der Waals surface area contributed by atoms with Gasteiger partial charge in [0.2, 0.25) is 0 Å². The van der Waals surface area contributed by atoms with Gasteiger partial charge in [0, 0.05) is 0 Å². The SMILES string of the molecule is COc1cccc(-c2c3cc4c(cc3c(-c3cccc(C)c3)c3c5ccc6c7c(ccc(c23)c75)-c2cc3ccccc3cc2-6)c2cc(C3CC5CCC3C5)cc3cc(C5CC6CCC5C6)cc4c32)c1. The van der Waals surface area contributed by atoms with Gasteiger partial charge in [-0.1, -0.05) is 128 Å². The van der Waals surface area contributed by atoms with Crippen LogP contribution in [0.25, 0.3) is 131 Å². The molecule has 5 aliphatic rings. The Bertz CT molecular complexity index is 4190. The zero-order valence-corrected chi connectivity index (χ0v) is 39.4. The Balaban J connectivity index is 1.05. The first-order chi connectivity index (χ1) is 34.0. The molecule has 4 fully saturated rings. The molecule has 1 heteroatoms. The van der Waals surface area contributed by atoms with Crippen LogP contribution in [0.15, 0.2) is 146 Å². The molecule has 0 aliphatic heterocycles. The van der Waals surface area contributed by atoms with E-state index in [1.807, 2.05) is 7.11 Å². The highest BCUT2D eigenvalue weighted by Crippen LogP contribution is 2.60. The lowest BCUT2D eigenvalue weighted by Gasteiger charge is -2.24. The van der Waals surface area contributed by atoms with Crippen molar-refractivity contribution in [3.63, 3.8) is 0 Å². The molecule has 1 nitrogen and oxygen atoms in total. The Kier molecular flexibility index (Phi) is 7.38. The normalized spacial score (nSPS) is 22.5. The van der Waals surface area contributed by atoms with Gasteiger partial charge in [-0.25, -0.2) is 0 Å². The van der Waals surface area contributed by atoms with E-state index in [4.69, 9.17) is 4.74 Å². The van der Waals surface area contributed by atoms with E-state index < -0.39 is 0 Å². The number of hydrogen-bond acceptors (Lipinski definition) is 1. The Morgan fingerprint density at radius 3 is 1.46 bits per heavy atom. The van der Waals surface area contributed by atoms with Crippen LogP contribution < -0.4 is 4.74 Å². The second-order valence-electron chi connectivity index (χ2n) is 22.7. The van der Waals surface area contributed by atoms with Crippen molar-refractivity contribution >= 4 is 86.2 Å². The lowest BCUT2D eigenvalue weighted by molar-refractivity contribution is 0.415. The number of aryl methyl sites for hydroxylation is 1. The van der Waals surface area contributed by atoms with Gasteiger partial charge in [0.15, 0.2) is 0 Å². The van der Waals surface area contributed by atoms with E-state index >= 15 is 0 Å². The second-order valence-corrected chi connectivity index (χ2v) is 22.7. The molecule has 12 aromatic rings. The number of fused-ring (bicyclic) bond motifs is 15. The van der Waals surface area contributed by atoms with E-state index in [-0.39, 0.29) is 0 Å². The van der Waals surface area contributed by atoms with Gasteiger partial charge in [0.1, 0.15) is 5.75 Å². The summed E-state index contributed by atoms with van der Waals surface area (Å²) in [5.74, 6) is 5.71. The van der Waals surface area contributed by atoms with Crippen LogP contribution >= 0.6 is 0 Å². The van der Waals surface area contributed by atoms with Crippen molar-refractivity contribution in [2.45, 2.75) is 70.1 Å². The van der Waals surface area contributed by atoms with E-state index in [1.54, 1.807) is 11.1 Å². The number of methoxy groups -OCH3 is 1. The highest BCUT2D eigenvalue weighted by Gasteiger charge is 2.42. The van der Waals surface area contributed by atoms with Gasteiger partial charge in [-0.15, -0.1) is 0 Å². The van der Waals surface area contributed by atoms with Crippen LogP contribution in [0.2, 0.25) is 0 Å². The number of rotatable bonds is 5. The van der Waals surface area contributed by atoms with Crippen molar-refractivity contribution in [3.8, 4) is 50.3 Å². The molecular formula is C68H52O. The summed E-state index contributed by atoms with van der Waals surface area (Å²) in [4.78, 5) is 0. The largest absolute Gasteiger partial charge is 0.497 e. The lowest BCUT2D eigenvalue weighted by atomic mass is 9.80. The van der Waals surface area contributed by atoms with Gasteiger partial charge in [0.05, 0.1) is 7.11 Å². The second kappa shape index (κ2) is 13.4. The highest BCUT2D eigenvalue weighted by atomic mass is 16.5. The van der Waals surface area contributed by atoms with Crippen molar-refractivity contribution in [1.82, 2.24) is 0 Å². The Labute approximate surface area is 402 Å². The first-order valence-electron chi connectivity index (χ1n) is 26.2. The number of benzene rings is 10. The molecule has 0 spiro atoms. The number of hydrogen-bond donors (Lipinski definition) is 0. The minimum Gasteiger partial charge on any atom is -0.497 e. The minimum atomic E-state index is 0.674. The lowest BCUT2D eigenvalue weighted by Crippen LogP contribution is -2.09. The maximum atomic E-state index is 6.05.